The van der Waals surface area contributed by atoms with E-state index in [2.05, 4.69) is 31.7 Å². The molecule has 0 spiro atoms. The van der Waals surface area contributed by atoms with Crippen molar-refractivity contribution in [3.05, 3.63) is 64.7 Å². The fraction of sp³-hybridized carbons (Fsp3) is 0.500. The van der Waals surface area contributed by atoms with Gasteiger partial charge in [-0.05, 0) is 43.9 Å². The number of fused-ring (bicyclic) bond motifs is 1. The Bertz CT molecular complexity index is 1400. The molecule has 2 aliphatic rings. The van der Waals surface area contributed by atoms with Crippen molar-refractivity contribution >= 4 is 23.0 Å². The van der Waals surface area contributed by atoms with Crippen LogP contribution < -0.4 is 11.0 Å². The molecular weight excluding hydrogens is 504 g/mol. The van der Waals surface area contributed by atoms with Crippen LogP contribution in [0.1, 0.15) is 56.7 Å². The molecule has 1 aliphatic heterocycles. The number of carbonyl (C=O) groups is 1. The topological polar surface area (TPSA) is 99.2 Å². The Labute approximate surface area is 225 Å². The lowest BCUT2D eigenvalue weighted by Gasteiger charge is -2.51. The second-order valence-electron chi connectivity index (χ2n) is 10.5. The molecule has 1 saturated carbocycles. The molecule has 0 bridgehead atoms. The number of rotatable bonds is 7. The van der Waals surface area contributed by atoms with E-state index in [1.807, 2.05) is 38.1 Å². The van der Waals surface area contributed by atoms with E-state index in [9.17, 15) is 18.4 Å². The molecule has 39 heavy (non-hydrogen) atoms. The van der Waals surface area contributed by atoms with E-state index in [-0.39, 0.29) is 30.5 Å². The molecular formula is C28H35F2N7O2. The number of alkyl halides is 2. The van der Waals surface area contributed by atoms with Crippen LogP contribution in [-0.2, 0) is 16.9 Å². The summed E-state index contributed by atoms with van der Waals surface area (Å²) >= 11 is 0. The molecule has 1 aliphatic carbocycles. The van der Waals surface area contributed by atoms with Gasteiger partial charge in [0.25, 0.3) is 0 Å². The van der Waals surface area contributed by atoms with Gasteiger partial charge in [0.1, 0.15) is 5.52 Å². The molecule has 2 aromatic heterocycles. The maximum Gasteiger partial charge on any atom is 0.327 e. The second kappa shape index (κ2) is 10.5. The van der Waals surface area contributed by atoms with E-state index in [0.717, 1.165) is 11.1 Å². The van der Waals surface area contributed by atoms with Crippen molar-refractivity contribution in [3.8, 4) is 0 Å². The summed E-state index contributed by atoms with van der Waals surface area (Å²) in [5.41, 5.74) is 2.45. The zero-order valence-electron chi connectivity index (χ0n) is 22.4. The lowest BCUT2D eigenvalue weighted by Crippen LogP contribution is -2.58. The van der Waals surface area contributed by atoms with Crippen molar-refractivity contribution in [2.45, 2.75) is 63.6 Å². The standard InChI is InChI=1S/C28H35F2N7O2/c1-4-23(38)35-14-16-36(17-15-35)27(10-12-28(29,30)13-11-27)21-8-6-20(7-9-21)19(3)32-25-31-18-22-24(34-25)37(5-2)26(39)33-22/h4,6-9,18-19H,1,5,10-17H2,2-3H3,(H,33,39)(H,31,32,34)/t19-/m0/s1. The minimum Gasteiger partial charge on any atom is -0.348 e. The average molecular weight is 540 g/mol. The SMILES string of the molecule is C=CC(=O)N1CCN(C2(c3ccc([C@H](C)Nc4ncc5[nH]c(=O)n(CC)c5n4)cc3)CCC(F)(F)CC2)CC1. The predicted molar refractivity (Wildman–Crippen MR) is 146 cm³/mol. The Morgan fingerprint density at radius 1 is 1.15 bits per heavy atom. The van der Waals surface area contributed by atoms with Crippen molar-refractivity contribution in [1.82, 2.24) is 29.3 Å². The summed E-state index contributed by atoms with van der Waals surface area (Å²) < 4.78 is 30.0. The molecule has 1 atom stereocenters. The van der Waals surface area contributed by atoms with Crippen LogP contribution >= 0.6 is 0 Å². The first-order valence-electron chi connectivity index (χ1n) is 13.5. The van der Waals surface area contributed by atoms with E-state index < -0.39 is 11.5 Å². The third kappa shape index (κ3) is 5.19. The normalized spacial score (nSPS) is 20.1. The Kier molecular flexibility index (Phi) is 7.28. The molecule has 3 aromatic rings. The highest BCUT2D eigenvalue weighted by Gasteiger charge is 2.48. The number of nitrogens with zero attached hydrogens (tertiary/aromatic N) is 5. The molecule has 5 rings (SSSR count). The Balaban J connectivity index is 1.35. The van der Waals surface area contributed by atoms with Crippen molar-refractivity contribution in [2.24, 2.45) is 0 Å². The third-order valence-electron chi connectivity index (χ3n) is 8.30. The van der Waals surface area contributed by atoms with Gasteiger partial charge in [-0.25, -0.2) is 18.6 Å². The van der Waals surface area contributed by atoms with Gasteiger partial charge in [-0.2, -0.15) is 4.98 Å². The first-order valence-corrected chi connectivity index (χ1v) is 13.5. The summed E-state index contributed by atoms with van der Waals surface area (Å²) in [6.45, 7) is 10.3. The molecule has 2 N–H and O–H groups in total. The number of piperazine rings is 1. The van der Waals surface area contributed by atoms with Gasteiger partial charge in [0, 0.05) is 51.1 Å². The number of benzene rings is 1. The lowest BCUT2D eigenvalue weighted by atomic mass is 9.73. The Hall–Kier alpha value is -3.60. The number of H-pyrrole nitrogens is 1. The summed E-state index contributed by atoms with van der Waals surface area (Å²) in [6, 6.07) is 8.01. The van der Waals surface area contributed by atoms with Crippen molar-refractivity contribution in [3.63, 3.8) is 0 Å². The Morgan fingerprint density at radius 3 is 2.44 bits per heavy atom. The highest BCUT2D eigenvalue weighted by molar-refractivity contribution is 5.87. The van der Waals surface area contributed by atoms with Gasteiger partial charge in [0.05, 0.1) is 12.2 Å². The summed E-state index contributed by atoms with van der Waals surface area (Å²) in [5.74, 6) is -2.33. The number of hydrogen-bond donors (Lipinski definition) is 2. The number of halogens is 2. The number of anilines is 1. The van der Waals surface area contributed by atoms with Gasteiger partial charge in [-0.15, -0.1) is 0 Å². The number of aromatic amines is 1. The van der Waals surface area contributed by atoms with Crippen molar-refractivity contribution in [1.29, 1.82) is 0 Å². The number of nitrogens with one attached hydrogen (secondary N) is 2. The van der Waals surface area contributed by atoms with Crippen LogP contribution in [0, 0.1) is 0 Å². The van der Waals surface area contributed by atoms with Gasteiger partial charge in [-0.3, -0.25) is 14.3 Å². The van der Waals surface area contributed by atoms with E-state index in [1.165, 1.54) is 6.08 Å². The lowest BCUT2D eigenvalue weighted by molar-refractivity contribution is -0.130. The minimum absolute atomic E-state index is 0.0951. The van der Waals surface area contributed by atoms with Crippen molar-refractivity contribution < 1.29 is 13.6 Å². The molecule has 3 heterocycles. The maximum atomic E-state index is 14.2. The van der Waals surface area contributed by atoms with Crippen LogP contribution in [0.2, 0.25) is 0 Å². The van der Waals surface area contributed by atoms with Gasteiger partial charge in [-0.1, -0.05) is 30.8 Å². The van der Waals surface area contributed by atoms with Gasteiger partial charge >= 0.3 is 5.69 Å². The molecule has 0 unspecified atom stereocenters. The summed E-state index contributed by atoms with van der Waals surface area (Å²) in [7, 11) is 0. The second-order valence-corrected chi connectivity index (χ2v) is 10.5. The molecule has 2 fully saturated rings. The average Bonchev–Trinajstić information content (AvgIpc) is 3.27. The summed E-state index contributed by atoms with van der Waals surface area (Å²) in [4.78, 5) is 39.8. The first-order chi connectivity index (χ1) is 18.7. The third-order valence-corrected chi connectivity index (χ3v) is 8.30. The van der Waals surface area contributed by atoms with Crippen LogP contribution in [0.3, 0.4) is 0 Å². The number of aromatic nitrogens is 4. The molecule has 11 heteroatoms. The smallest absolute Gasteiger partial charge is 0.327 e. The Morgan fingerprint density at radius 2 is 1.82 bits per heavy atom. The van der Waals surface area contributed by atoms with E-state index >= 15 is 0 Å². The number of amides is 1. The zero-order chi connectivity index (χ0) is 27.8. The fourth-order valence-corrected chi connectivity index (χ4v) is 5.97. The van der Waals surface area contributed by atoms with Crippen LogP contribution in [-0.4, -0.2) is 67.3 Å². The van der Waals surface area contributed by atoms with Crippen LogP contribution in [0.4, 0.5) is 14.7 Å². The number of carbonyl (C=O) groups excluding carboxylic acids is 1. The van der Waals surface area contributed by atoms with E-state index in [1.54, 1.807) is 15.7 Å². The largest absolute Gasteiger partial charge is 0.348 e. The van der Waals surface area contributed by atoms with Gasteiger partial charge < -0.3 is 15.2 Å². The zero-order valence-corrected chi connectivity index (χ0v) is 22.4. The van der Waals surface area contributed by atoms with Gasteiger partial charge in [0.15, 0.2) is 5.65 Å². The fourth-order valence-electron chi connectivity index (χ4n) is 5.97. The number of imidazole rings is 1. The minimum atomic E-state index is -2.65. The van der Waals surface area contributed by atoms with Gasteiger partial charge in [0.2, 0.25) is 17.8 Å². The van der Waals surface area contributed by atoms with Crippen molar-refractivity contribution in [2.75, 3.05) is 31.5 Å². The highest BCUT2D eigenvalue weighted by atomic mass is 19.3. The number of hydrogen-bond acceptors (Lipinski definition) is 6. The predicted octanol–water partition coefficient (Wildman–Crippen LogP) is 4.05. The molecule has 9 nitrogen and oxygen atoms in total. The monoisotopic (exact) mass is 539 g/mol. The van der Waals surface area contributed by atoms with Crippen LogP contribution in [0.25, 0.3) is 11.2 Å². The van der Waals surface area contributed by atoms with Crippen LogP contribution in [0.5, 0.6) is 0 Å². The first kappa shape index (κ1) is 27.0. The number of aryl methyl sites for hydroxylation is 1. The van der Waals surface area contributed by atoms with Crippen LogP contribution in [0.15, 0.2) is 47.9 Å². The molecule has 1 saturated heterocycles. The quantitative estimate of drug-likeness (QED) is 0.440. The van der Waals surface area contributed by atoms with E-state index in [4.69, 9.17) is 0 Å². The maximum absolute atomic E-state index is 14.2. The molecule has 0 radical (unpaired) electrons. The summed E-state index contributed by atoms with van der Waals surface area (Å²) in [6.07, 6.45) is 3.35. The molecule has 1 aromatic carbocycles. The van der Waals surface area contributed by atoms with E-state index in [0.29, 0.717) is 62.7 Å². The highest BCUT2D eigenvalue weighted by Crippen LogP contribution is 2.48. The molecule has 1 amide bonds. The summed E-state index contributed by atoms with van der Waals surface area (Å²) in [5, 5.41) is 3.31. The molecule has 208 valence electrons.